The maximum absolute atomic E-state index is 13.9. The molecule has 0 radical (unpaired) electrons. The van der Waals surface area contributed by atoms with Crippen LogP contribution in [0.4, 0.5) is 5.69 Å². The number of esters is 2. The van der Waals surface area contributed by atoms with Gasteiger partial charge in [-0.25, -0.2) is 0 Å². The molecule has 0 saturated carbocycles. The zero-order valence-electron chi connectivity index (χ0n) is 31.5. The lowest BCUT2D eigenvalue weighted by Gasteiger charge is -2.45. The summed E-state index contributed by atoms with van der Waals surface area (Å²) in [5.74, 6) is -7.85. The topological polar surface area (TPSA) is 239 Å². The number of benzene rings is 1. The average molecular weight is 754 g/mol. The lowest BCUT2D eigenvalue weighted by molar-refractivity contribution is -0.211. The fraction of sp³-hybridized carbons (Fsp3) is 0.487. The van der Waals surface area contributed by atoms with E-state index >= 15 is 0 Å². The largest absolute Gasteiger partial charge is 0.505 e. The molecule has 6 heterocycles. The molecule has 7 N–H and O–H groups in total. The highest BCUT2D eigenvalue weighted by Crippen LogP contribution is 2.53. The molecular formula is C39H47NO14. The number of Topliss-reactive ketones (excluding diaryl/α,β-unsaturated/α-hetero) is 1. The van der Waals surface area contributed by atoms with Crippen LogP contribution in [0.5, 0.6) is 11.5 Å². The molecule has 1 aromatic rings. The van der Waals surface area contributed by atoms with Crippen molar-refractivity contribution in [2.45, 2.75) is 97.9 Å². The van der Waals surface area contributed by atoms with Crippen LogP contribution < -0.4 is 10.1 Å². The van der Waals surface area contributed by atoms with Gasteiger partial charge in [0.25, 0.3) is 5.91 Å². The molecule has 9 unspecified atom stereocenters. The highest BCUT2D eigenvalue weighted by Gasteiger charge is 2.53. The maximum atomic E-state index is 13.9. The standard InChI is InChI=1S/C39H47NO14/c1-15-11-10-12-38(8,49)35-20(6)29(44)25(37(48)54-35)28(43)19(5)34(46)39(9,50)13-16(2)31-24-22-23(27(42)18(4)32(24)52-14-51-31)30(45)26(40-36(15)47)17(3)33(22)53-21(7)41/h10-13,19-20,25,28-29,34-35,43-46,49-50H,14H2,1-9H3,(H,40,47)/b12-10-,15-11+,16-13-. The number of allylic oxidation sites excluding steroid dienone is 5. The van der Waals surface area contributed by atoms with Crippen molar-refractivity contribution >= 4 is 34.9 Å². The second-order valence-corrected chi connectivity index (χ2v) is 14.9. The van der Waals surface area contributed by atoms with E-state index in [1.807, 2.05) is 0 Å². The Labute approximate surface area is 311 Å². The molecule has 1 saturated heterocycles. The predicted molar refractivity (Wildman–Crippen MR) is 191 cm³/mol. The summed E-state index contributed by atoms with van der Waals surface area (Å²) >= 11 is 0. The fourth-order valence-corrected chi connectivity index (χ4v) is 7.59. The van der Waals surface area contributed by atoms with Crippen molar-refractivity contribution in [3.05, 3.63) is 69.2 Å². The van der Waals surface area contributed by atoms with Crippen LogP contribution in [-0.4, -0.2) is 96.7 Å². The van der Waals surface area contributed by atoms with Crippen molar-refractivity contribution in [2.75, 3.05) is 12.1 Å². The van der Waals surface area contributed by atoms with Gasteiger partial charge in [0.05, 0.1) is 35.1 Å². The van der Waals surface area contributed by atoms with Crippen LogP contribution in [0.3, 0.4) is 0 Å². The van der Waals surface area contributed by atoms with Crippen molar-refractivity contribution in [3.8, 4) is 11.5 Å². The Hall–Kier alpha value is -4.80. The minimum atomic E-state index is -2.15. The van der Waals surface area contributed by atoms with Crippen LogP contribution in [0.1, 0.15) is 76.9 Å². The molecule has 6 aliphatic heterocycles. The third-order valence-electron chi connectivity index (χ3n) is 10.7. The number of aliphatic hydroxyl groups is 5. The molecule has 7 aliphatic rings. The number of hydrogen-bond donors (Lipinski definition) is 7. The lowest BCUT2D eigenvalue weighted by Crippen LogP contribution is -2.60. The Kier molecular flexibility index (Phi) is 10.8. The number of phenolic OH excluding ortho intramolecular Hbond substituents is 1. The fourth-order valence-electron chi connectivity index (χ4n) is 7.59. The Morgan fingerprint density at radius 3 is 2.15 bits per heavy atom. The number of nitrogens with one attached hydrogen (secondary N) is 1. The van der Waals surface area contributed by atoms with Gasteiger partial charge in [0, 0.05) is 41.0 Å². The van der Waals surface area contributed by atoms with Crippen LogP contribution in [0.25, 0.3) is 5.57 Å². The molecule has 292 valence electrons. The molecule has 8 rings (SSSR count). The molecular weight excluding hydrogens is 706 g/mol. The van der Waals surface area contributed by atoms with E-state index in [9.17, 15) is 49.8 Å². The van der Waals surface area contributed by atoms with Crippen LogP contribution >= 0.6 is 0 Å². The number of carbonyl (C=O) groups excluding carboxylic acids is 4. The lowest BCUT2D eigenvalue weighted by atomic mass is 9.73. The molecule has 1 aliphatic carbocycles. The first kappa shape index (κ1) is 40.4. The highest BCUT2D eigenvalue weighted by molar-refractivity contribution is 6.21. The van der Waals surface area contributed by atoms with E-state index in [-0.39, 0.29) is 61.9 Å². The number of anilines is 1. The zero-order valence-corrected chi connectivity index (χ0v) is 31.5. The van der Waals surface area contributed by atoms with E-state index < -0.39 is 89.5 Å². The predicted octanol–water partition coefficient (Wildman–Crippen LogP) is 2.61. The number of carbonyl (C=O) groups is 4. The minimum Gasteiger partial charge on any atom is -0.505 e. The van der Waals surface area contributed by atoms with Crippen LogP contribution in [0.15, 0.2) is 52.5 Å². The van der Waals surface area contributed by atoms with Crippen LogP contribution in [0, 0.1) is 24.7 Å². The monoisotopic (exact) mass is 753 g/mol. The number of phenols is 1. The van der Waals surface area contributed by atoms with Crippen LogP contribution in [0.2, 0.25) is 0 Å². The van der Waals surface area contributed by atoms with E-state index in [0.29, 0.717) is 0 Å². The second kappa shape index (κ2) is 14.5. The molecule has 1 fully saturated rings. The summed E-state index contributed by atoms with van der Waals surface area (Å²) in [6, 6.07) is 0. The van der Waals surface area contributed by atoms with Crippen molar-refractivity contribution in [1.82, 2.24) is 0 Å². The number of hydrogen-bond acceptors (Lipinski definition) is 14. The average Bonchev–Trinajstić information content (AvgIpc) is 3.09. The molecule has 1 amide bonds. The molecule has 15 nitrogen and oxygen atoms in total. The Morgan fingerprint density at radius 2 is 1.52 bits per heavy atom. The summed E-state index contributed by atoms with van der Waals surface area (Å²) in [7, 11) is 0. The number of amides is 1. The van der Waals surface area contributed by atoms with E-state index in [0.717, 1.165) is 6.92 Å². The van der Waals surface area contributed by atoms with Gasteiger partial charge >= 0.3 is 11.9 Å². The van der Waals surface area contributed by atoms with Gasteiger partial charge in [-0.2, -0.15) is 0 Å². The number of ether oxygens (including phenoxy) is 4. The highest BCUT2D eigenvalue weighted by atomic mass is 16.7. The van der Waals surface area contributed by atoms with Crippen molar-refractivity contribution in [2.24, 2.45) is 17.8 Å². The molecule has 0 spiro atoms. The maximum Gasteiger partial charge on any atom is 0.314 e. The summed E-state index contributed by atoms with van der Waals surface area (Å²) in [6.07, 6.45) is -1.21. The summed E-state index contributed by atoms with van der Waals surface area (Å²) in [4.78, 5) is 53.3. The third-order valence-corrected chi connectivity index (χ3v) is 10.7. The summed E-state index contributed by atoms with van der Waals surface area (Å²) < 4.78 is 22.9. The smallest absolute Gasteiger partial charge is 0.314 e. The minimum absolute atomic E-state index is 0.0103. The first-order valence-electron chi connectivity index (χ1n) is 17.4. The molecule has 0 aromatic heterocycles. The third kappa shape index (κ3) is 6.86. The van der Waals surface area contributed by atoms with Gasteiger partial charge < -0.3 is 54.9 Å². The number of rotatable bonds is 1. The van der Waals surface area contributed by atoms with Gasteiger partial charge in [0.2, 0.25) is 6.79 Å². The van der Waals surface area contributed by atoms with Gasteiger partial charge in [-0.3, -0.25) is 19.2 Å². The van der Waals surface area contributed by atoms with Gasteiger partial charge in [0.15, 0.2) is 11.5 Å². The van der Waals surface area contributed by atoms with Gasteiger partial charge in [-0.05, 0) is 59.3 Å². The normalized spacial score (nSPS) is 35.9. The molecule has 15 heteroatoms. The van der Waals surface area contributed by atoms with Crippen molar-refractivity contribution < 1.29 is 68.8 Å². The van der Waals surface area contributed by atoms with E-state index in [1.165, 1.54) is 79.7 Å². The Balaban J connectivity index is 1.80. The molecule has 1 aromatic carbocycles. The Morgan fingerprint density at radius 1 is 0.907 bits per heavy atom. The summed E-state index contributed by atoms with van der Waals surface area (Å²) in [6.45, 7) is 12.1. The van der Waals surface area contributed by atoms with Gasteiger partial charge in [-0.1, -0.05) is 26.0 Å². The number of aliphatic hydroxyl groups excluding tert-OH is 3. The van der Waals surface area contributed by atoms with Gasteiger partial charge in [0.1, 0.15) is 40.5 Å². The van der Waals surface area contributed by atoms with E-state index in [1.54, 1.807) is 0 Å². The number of aromatic hydroxyl groups is 1. The second-order valence-electron chi connectivity index (χ2n) is 14.9. The Bertz CT molecular complexity index is 1960. The first-order valence-corrected chi connectivity index (χ1v) is 17.4. The quantitative estimate of drug-likeness (QED) is 0.124. The number of ketones is 1. The van der Waals surface area contributed by atoms with E-state index in [4.69, 9.17) is 18.9 Å². The molecule has 6 bridgehead atoms. The van der Waals surface area contributed by atoms with Crippen molar-refractivity contribution in [1.29, 1.82) is 0 Å². The van der Waals surface area contributed by atoms with Gasteiger partial charge in [-0.15, -0.1) is 0 Å². The summed E-state index contributed by atoms with van der Waals surface area (Å²) in [5, 5.41) is 71.6. The SMILES string of the molecule is CC(=O)Oc1c(C)c2c(O)c3c1C1=C(OCOC1=C(C)C3=O)/C(C)=C\C(C)(O)C(O)C(C)C(O)C1C(=O)OC(C(C)C1O)C(C)(O)/C=C\C=C(/C)C(=O)N2. The van der Waals surface area contributed by atoms with Crippen molar-refractivity contribution in [3.63, 3.8) is 0 Å². The molecule has 9 atom stereocenters. The van der Waals surface area contributed by atoms with Crippen LogP contribution in [-0.2, 0) is 28.6 Å². The molecule has 54 heavy (non-hydrogen) atoms. The first-order chi connectivity index (χ1) is 25.0. The zero-order chi connectivity index (χ0) is 40.4. The van der Waals surface area contributed by atoms with E-state index in [2.05, 4.69) is 5.32 Å². The summed E-state index contributed by atoms with van der Waals surface area (Å²) in [5.41, 5.74) is -4.31.